The Labute approximate surface area is 158 Å². The molecule has 0 aliphatic carbocycles. The highest BCUT2D eigenvalue weighted by molar-refractivity contribution is 7.91. The van der Waals surface area contributed by atoms with E-state index in [9.17, 15) is 18.0 Å². The smallest absolute Gasteiger partial charge is 0.309 e. The third-order valence-electron chi connectivity index (χ3n) is 5.14. The number of likely N-dealkylation sites (N-methyl/N-ethyl adjacent to an activating group) is 1. The SMILES string of the molecule is Cc1csc(S(=O)(=O)N2CCC3(CC2)C(=O)N(C)C(=O)N3CC(C)C)c1. The van der Waals surface area contributed by atoms with E-state index >= 15 is 0 Å². The van der Waals surface area contributed by atoms with Gasteiger partial charge in [0.15, 0.2) is 0 Å². The maximum Gasteiger partial charge on any atom is 0.327 e. The Balaban J connectivity index is 1.83. The van der Waals surface area contributed by atoms with Gasteiger partial charge in [0.05, 0.1) is 0 Å². The van der Waals surface area contributed by atoms with E-state index < -0.39 is 15.6 Å². The first-order chi connectivity index (χ1) is 12.1. The van der Waals surface area contributed by atoms with Crippen LogP contribution in [0.1, 0.15) is 32.3 Å². The number of carbonyl (C=O) groups is 2. The molecule has 0 bridgehead atoms. The number of sulfonamides is 1. The number of amides is 3. The van der Waals surface area contributed by atoms with Gasteiger partial charge < -0.3 is 4.90 Å². The minimum Gasteiger partial charge on any atom is -0.309 e. The van der Waals surface area contributed by atoms with Gasteiger partial charge in [-0.15, -0.1) is 11.3 Å². The van der Waals surface area contributed by atoms with Gasteiger partial charge >= 0.3 is 6.03 Å². The molecule has 0 atom stereocenters. The van der Waals surface area contributed by atoms with Crippen LogP contribution in [0.5, 0.6) is 0 Å². The molecule has 2 aliphatic heterocycles. The molecule has 1 spiro atoms. The minimum absolute atomic E-state index is 0.216. The summed E-state index contributed by atoms with van der Waals surface area (Å²) in [4.78, 5) is 28.2. The van der Waals surface area contributed by atoms with Crippen LogP contribution in [0.15, 0.2) is 15.7 Å². The van der Waals surface area contributed by atoms with E-state index in [0.717, 1.165) is 5.56 Å². The predicted molar refractivity (Wildman–Crippen MR) is 99.5 cm³/mol. The number of carbonyl (C=O) groups excluding carboxylic acids is 2. The molecular formula is C17H25N3O4S2. The van der Waals surface area contributed by atoms with Crippen molar-refractivity contribution in [1.82, 2.24) is 14.1 Å². The van der Waals surface area contributed by atoms with Crippen molar-refractivity contribution in [3.05, 3.63) is 17.0 Å². The number of urea groups is 1. The van der Waals surface area contributed by atoms with Crippen molar-refractivity contribution in [1.29, 1.82) is 0 Å². The summed E-state index contributed by atoms with van der Waals surface area (Å²) in [5.41, 5.74) is 0.0105. The van der Waals surface area contributed by atoms with E-state index in [4.69, 9.17) is 0 Å². The fourth-order valence-electron chi connectivity index (χ4n) is 3.74. The van der Waals surface area contributed by atoms with Gasteiger partial charge in [0.25, 0.3) is 15.9 Å². The largest absolute Gasteiger partial charge is 0.327 e. The van der Waals surface area contributed by atoms with E-state index in [1.165, 1.54) is 27.6 Å². The lowest BCUT2D eigenvalue weighted by molar-refractivity contribution is -0.134. The molecule has 7 nitrogen and oxygen atoms in total. The Bertz CT molecular complexity index is 823. The average Bonchev–Trinajstić information content (AvgIpc) is 3.10. The quantitative estimate of drug-likeness (QED) is 0.727. The first-order valence-electron chi connectivity index (χ1n) is 8.74. The van der Waals surface area contributed by atoms with Crippen molar-refractivity contribution in [2.75, 3.05) is 26.7 Å². The topological polar surface area (TPSA) is 78.0 Å². The molecule has 26 heavy (non-hydrogen) atoms. The molecule has 144 valence electrons. The lowest BCUT2D eigenvalue weighted by Crippen LogP contribution is -2.57. The molecule has 2 saturated heterocycles. The fourth-order valence-corrected chi connectivity index (χ4v) is 6.57. The van der Waals surface area contributed by atoms with E-state index in [-0.39, 0.29) is 30.9 Å². The number of hydrogen-bond acceptors (Lipinski definition) is 5. The highest BCUT2D eigenvalue weighted by Gasteiger charge is 2.57. The molecule has 0 aromatic carbocycles. The van der Waals surface area contributed by atoms with Crippen LogP contribution >= 0.6 is 11.3 Å². The lowest BCUT2D eigenvalue weighted by atomic mass is 9.86. The number of rotatable bonds is 4. The second-order valence-electron chi connectivity index (χ2n) is 7.53. The zero-order valence-corrected chi connectivity index (χ0v) is 17.2. The summed E-state index contributed by atoms with van der Waals surface area (Å²) in [6.45, 7) is 6.83. The maximum absolute atomic E-state index is 12.8. The maximum atomic E-state index is 12.8. The molecular weight excluding hydrogens is 374 g/mol. The normalized spacial score (nSPS) is 21.4. The Hall–Kier alpha value is -1.45. The number of aryl methyl sites for hydroxylation is 1. The Kier molecular flexibility index (Phi) is 4.91. The molecule has 0 unspecified atom stereocenters. The molecule has 9 heteroatoms. The second-order valence-corrected chi connectivity index (χ2v) is 10.6. The molecule has 2 aliphatic rings. The molecule has 1 aromatic heterocycles. The average molecular weight is 400 g/mol. The standard InChI is InChI=1S/C17H25N3O4S2/c1-12(2)10-20-16(22)18(4)15(21)17(20)5-7-19(8-6-17)26(23,24)14-9-13(3)11-25-14/h9,11-12H,5-8,10H2,1-4H3. The van der Waals surface area contributed by atoms with Gasteiger partial charge in [-0.1, -0.05) is 13.8 Å². The number of hydrogen-bond donors (Lipinski definition) is 0. The predicted octanol–water partition coefficient (Wildman–Crippen LogP) is 2.13. The molecule has 3 amide bonds. The van der Waals surface area contributed by atoms with Crippen LogP contribution in [0.2, 0.25) is 0 Å². The fraction of sp³-hybridized carbons (Fsp3) is 0.647. The van der Waals surface area contributed by atoms with E-state index in [1.54, 1.807) is 11.0 Å². The molecule has 0 radical (unpaired) electrons. The number of thiophene rings is 1. The zero-order valence-electron chi connectivity index (χ0n) is 15.6. The van der Waals surface area contributed by atoms with Crippen LogP contribution in [0.3, 0.4) is 0 Å². The minimum atomic E-state index is -3.55. The van der Waals surface area contributed by atoms with Gasteiger partial charge in [-0.05, 0) is 42.7 Å². The summed E-state index contributed by atoms with van der Waals surface area (Å²) in [7, 11) is -2.04. The Morgan fingerprint density at radius 1 is 1.23 bits per heavy atom. The second kappa shape index (κ2) is 6.61. The van der Waals surface area contributed by atoms with E-state index in [2.05, 4.69) is 0 Å². The first-order valence-corrected chi connectivity index (χ1v) is 11.1. The first kappa shape index (κ1) is 19.3. The summed E-state index contributed by atoms with van der Waals surface area (Å²) >= 11 is 1.21. The van der Waals surface area contributed by atoms with Gasteiger partial charge in [-0.25, -0.2) is 13.2 Å². The van der Waals surface area contributed by atoms with Crippen LogP contribution in [0, 0.1) is 12.8 Å². The molecule has 1 aromatic rings. The summed E-state index contributed by atoms with van der Waals surface area (Å²) in [6.07, 6.45) is 0.663. The summed E-state index contributed by atoms with van der Waals surface area (Å²) < 4.78 is 27.4. The van der Waals surface area contributed by atoms with Gasteiger partial charge in [-0.2, -0.15) is 4.31 Å². The third-order valence-corrected chi connectivity index (χ3v) is 8.57. The molecule has 0 N–H and O–H groups in total. The Morgan fingerprint density at radius 3 is 2.35 bits per heavy atom. The van der Waals surface area contributed by atoms with E-state index in [0.29, 0.717) is 23.6 Å². The molecule has 0 saturated carbocycles. The third kappa shape index (κ3) is 2.95. The summed E-state index contributed by atoms with van der Waals surface area (Å²) in [6, 6.07) is 1.39. The van der Waals surface area contributed by atoms with Crippen molar-refractivity contribution >= 4 is 33.3 Å². The van der Waals surface area contributed by atoms with Crippen molar-refractivity contribution in [2.45, 2.75) is 43.4 Å². The summed E-state index contributed by atoms with van der Waals surface area (Å²) in [5.74, 6) is 0.0122. The number of imide groups is 1. The van der Waals surface area contributed by atoms with Gasteiger partial charge in [0.1, 0.15) is 9.75 Å². The van der Waals surface area contributed by atoms with Crippen LogP contribution < -0.4 is 0 Å². The van der Waals surface area contributed by atoms with E-state index in [1.807, 2.05) is 26.2 Å². The number of piperidine rings is 1. The molecule has 3 rings (SSSR count). The highest BCUT2D eigenvalue weighted by Crippen LogP contribution is 2.38. The van der Waals surface area contributed by atoms with Gasteiger partial charge in [0, 0.05) is 26.7 Å². The van der Waals surface area contributed by atoms with Crippen LogP contribution in [-0.2, 0) is 14.8 Å². The van der Waals surface area contributed by atoms with Crippen molar-refractivity contribution in [3.8, 4) is 0 Å². The summed E-state index contributed by atoms with van der Waals surface area (Å²) in [5, 5.41) is 1.82. The van der Waals surface area contributed by atoms with Crippen molar-refractivity contribution in [2.24, 2.45) is 5.92 Å². The van der Waals surface area contributed by atoms with Crippen molar-refractivity contribution < 1.29 is 18.0 Å². The molecule has 2 fully saturated rings. The monoisotopic (exact) mass is 399 g/mol. The van der Waals surface area contributed by atoms with Crippen LogP contribution in [-0.4, -0.2) is 66.7 Å². The highest BCUT2D eigenvalue weighted by atomic mass is 32.2. The molecule has 3 heterocycles. The van der Waals surface area contributed by atoms with Gasteiger partial charge in [-0.3, -0.25) is 9.69 Å². The zero-order chi connectivity index (χ0) is 19.3. The van der Waals surface area contributed by atoms with Crippen LogP contribution in [0.25, 0.3) is 0 Å². The number of nitrogens with zero attached hydrogens (tertiary/aromatic N) is 3. The lowest BCUT2D eigenvalue weighted by Gasteiger charge is -2.42. The Morgan fingerprint density at radius 2 is 1.85 bits per heavy atom. The van der Waals surface area contributed by atoms with Crippen molar-refractivity contribution in [3.63, 3.8) is 0 Å². The van der Waals surface area contributed by atoms with Gasteiger partial charge in [0.2, 0.25) is 0 Å². The van der Waals surface area contributed by atoms with Crippen LogP contribution in [0.4, 0.5) is 4.79 Å².